The number of amides is 1. The first-order valence-corrected chi connectivity index (χ1v) is 9.31. The van der Waals surface area contributed by atoms with E-state index in [1.54, 1.807) is 6.20 Å². The predicted molar refractivity (Wildman–Crippen MR) is 104 cm³/mol. The van der Waals surface area contributed by atoms with Crippen molar-refractivity contribution in [2.75, 3.05) is 5.32 Å². The molecule has 2 heterocycles. The lowest BCUT2D eigenvalue weighted by Crippen LogP contribution is -2.17. The zero-order chi connectivity index (χ0) is 18.3. The lowest BCUT2D eigenvalue weighted by molar-refractivity contribution is 0.102. The molecule has 0 spiro atoms. The second kappa shape index (κ2) is 6.56. The summed E-state index contributed by atoms with van der Waals surface area (Å²) >= 11 is 0. The van der Waals surface area contributed by atoms with Gasteiger partial charge in [0.1, 0.15) is 0 Å². The Bertz CT molecular complexity index is 987. The molecule has 1 amide bonds. The van der Waals surface area contributed by atoms with Gasteiger partial charge in [-0.15, -0.1) is 0 Å². The lowest BCUT2D eigenvalue weighted by atomic mass is 9.90. The lowest BCUT2D eigenvalue weighted by Gasteiger charge is -2.19. The van der Waals surface area contributed by atoms with Gasteiger partial charge in [-0.2, -0.15) is 5.10 Å². The van der Waals surface area contributed by atoms with Crippen LogP contribution in [0.1, 0.15) is 59.9 Å². The molecule has 0 bridgehead atoms. The van der Waals surface area contributed by atoms with Gasteiger partial charge in [-0.3, -0.25) is 4.79 Å². The summed E-state index contributed by atoms with van der Waals surface area (Å²) in [4.78, 5) is 17.6. The van der Waals surface area contributed by atoms with Crippen molar-refractivity contribution in [1.29, 1.82) is 0 Å². The molecule has 5 heteroatoms. The average molecular weight is 348 g/mol. The fraction of sp³-hybridized carbons (Fsp3) is 0.381. The number of hydrogen-bond donors (Lipinski definition) is 1. The molecule has 3 aromatic rings. The minimum absolute atomic E-state index is 0.104. The number of carbonyl (C=O) groups excluding carboxylic acids is 1. The Balaban J connectivity index is 1.68. The first kappa shape index (κ1) is 16.8. The van der Waals surface area contributed by atoms with E-state index in [1.165, 1.54) is 24.0 Å². The second-order valence-electron chi connectivity index (χ2n) is 7.32. The van der Waals surface area contributed by atoms with E-state index in [9.17, 15) is 4.79 Å². The largest absolute Gasteiger partial charge is 0.322 e. The van der Waals surface area contributed by atoms with Crippen LogP contribution in [0.3, 0.4) is 0 Å². The Morgan fingerprint density at radius 3 is 2.85 bits per heavy atom. The van der Waals surface area contributed by atoms with E-state index in [0.717, 1.165) is 35.3 Å². The molecule has 0 fully saturated rings. The highest BCUT2D eigenvalue weighted by molar-refractivity contribution is 6.07. The smallest absolute Gasteiger partial charge is 0.257 e. The molecule has 1 N–H and O–H groups in total. The number of carbonyl (C=O) groups is 1. The summed E-state index contributed by atoms with van der Waals surface area (Å²) in [6.07, 6.45) is 6.32. The van der Waals surface area contributed by atoms with Crippen molar-refractivity contribution in [2.24, 2.45) is 0 Å². The van der Waals surface area contributed by atoms with E-state index in [0.29, 0.717) is 5.56 Å². The third-order valence-electron chi connectivity index (χ3n) is 5.14. The molecule has 2 aromatic heterocycles. The van der Waals surface area contributed by atoms with E-state index in [4.69, 9.17) is 0 Å². The van der Waals surface area contributed by atoms with Crippen LogP contribution in [0, 0.1) is 6.92 Å². The van der Waals surface area contributed by atoms with Crippen LogP contribution in [0.15, 0.2) is 30.5 Å². The number of nitrogens with one attached hydrogen (secondary N) is 1. The second-order valence-corrected chi connectivity index (χ2v) is 7.32. The number of pyridine rings is 1. The molecule has 1 aromatic carbocycles. The van der Waals surface area contributed by atoms with Crippen molar-refractivity contribution in [3.63, 3.8) is 0 Å². The van der Waals surface area contributed by atoms with E-state index >= 15 is 0 Å². The molecule has 0 saturated heterocycles. The highest BCUT2D eigenvalue weighted by atomic mass is 16.1. The van der Waals surface area contributed by atoms with Crippen molar-refractivity contribution in [1.82, 2.24) is 14.8 Å². The SMILES string of the molecule is Cc1nc2c(cnn2C(C)C)cc1C(=O)Nc1cccc2c1CCCC2. The predicted octanol–water partition coefficient (Wildman–Crippen LogP) is 4.45. The van der Waals surface area contributed by atoms with Crippen LogP contribution in [0.4, 0.5) is 5.69 Å². The number of aryl methyl sites for hydroxylation is 2. The fourth-order valence-electron chi connectivity index (χ4n) is 3.76. The number of nitrogens with zero attached hydrogens (tertiary/aromatic N) is 3. The van der Waals surface area contributed by atoms with Crippen LogP contribution >= 0.6 is 0 Å². The van der Waals surface area contributed by atoms with Crippen LogP contribution in [0.25, 0.3) is 11.0 Å². The number of hydrogen-bond acceptors (Lipinski definition) is 3. The molecule has 0 aliphatic heterocycles. The number of rotatable bonds is 3. The third-order valence-corrected chi connectivity index (χ3v) is 5.14. The van der Waals surface area contributed by atoms with Crippen LogP contribution in [-0.2, 0) is 12.8 Å². The summed E-state index contributed by atoms with van der Waals surface area (Å²) in [7, 11) is 0. The molecule has 0 atom stereocenters. The highest BCUT2D eigenvalue weighted by Gasteiger charge is 2.18. The van der Waals surface area contributed by atoms with Gasteiger partial charge in [0.15, 0.2) is 5.65 Å². The Hall–Kier alpha value is -2.69. The van der Waals surface area contributed by atoms with Gasteiger partial charge >= 0.3 is 0 Å². The molecular weight excluding hydrogens is 324 g/mol. The normalized spacial score (nSPS) is 13.8. The molecule has 134 valence electrons. The van der Waals surface area contributed by atoms with E-state index < -0.39 is 0 Å². The van der Waals surface area contributed by atoms with Crippen LogP contribution in [-0.4, -0.2) is 20.7 Å². The van der Waals surface area contributed by atoms with Gasteiger partial charge in [0.05, 0.1) is 17.5 Å². The third kappa shape index (κ3) is 2.87. The maximum absolute atomic E-state index is 12.9. The summed E-state index contributed by atoms with van der Waals surface area (Å²) in [5, 5.41) is 8.41. The van der Waals surface area contributed by atoms with Crippen molar-refractivity contribution in [2.45, 2.75) is 52.5 Å². The maximum Gasteiger partial charge on any atom is 0.257 e. The minimum Gasteiger partial charge on any atom is -0.322 e. The number of fused-ring (bicyclic) bond motifs is 2. The summed E-state index contributed by atoms with van der Waals surface area (Å²) < 4.78 is 1.89. The van der Waals surface area contributed by atoms with Crippen LogP contribution in [0.5, 0.6) is 0 Å². The fourth-order valence-corrected chi connectivity index (χ4v) is 3.76. The minimum atomic E-state index is -0.104. The molecule has 0 unspecified atom stereocenters. The van der Waals surface area contributed by atoms with Gasteiger partial charge in [0.25, 0.3) is 5.91 Å². The molecule has 5 nitrogen and oxygen atoms in total. The van der Waals surface area contributed by atoms with Crippen molar-refractivity contribution >= 4 is 22.6 Å². The van der Waals surface area contributed by atoms with Gasteiger partial charge in [-0.1, -0.05) is 12.1 Å². The monoisotopic (exact) mass is 348 g/mol. The summed E-state index contributed by atoms with van der Waals surface area (Å²) in [5.41, 5.74) is 5.73. The highest BCUT2D eigenvalue weighted by Crippen LogP contribution is 2.28. The maximum atomic E-state index is 12.9. The quantitative estimate of drug-likeness (QED) is 0.760. The van der Waals surface area contributed by atoms with Crippen molar-refractivity contribution < 1.29 is 4.79 Å². The molecule has 0 saturated carbocycles. The van der Waals surface area contributed by atoms with Crippen molar-refractivity contribution in [3.05, 3.63) is 52.8 Å². The Morgan fingerprint density at radius 1 is 1.23 bits per heavy atom. The Labute approximate surface area is 153 Å². The van der Waals surface area contributed by atoms with Crippen LogP contribution in [0.2, 0.25) is 0 Å². The summed E-state index contributed by atoms with van der Waals surface area (Å²) in [6.45, 7) is 6.03. The standard InChI is InChI=1S/C21H24N4O/c1-13(2)25-20-16(12-22-25)11-18(14(3)23-20)21(26)24-19-10-6-8-15-7-4-5-9-17(15)19/h6,8,10-13H,4-5,7,9H2,1-3H3,(H,24,26). The van der Waals surface area contributed by atoms with E-state index in [-0.39, 0.29) is 11.9 Å². The summed E-state index contributed by atoms with van der Waals surface area (Å²) in [5.74, 6) is -0.104. The van der Waals surface area contributed by atoms with Crippen molar-refractivity contribution in [3.8, 4) is 0 Å². The van der Waals surface area contributed by atoms with Gasteiger partial charge in [-0.05, 0) is 69.7 Å². The first-order chi connectivity index (χ1) is 12.5. The molecule has 1 aliphatic rings. The molecule has 4 rings (SSSR count). The van der Waals surface area contributed by atoms with E-state index in [2.05, 4.69) is 35.3 Å². The summed E-state index contributed by atoms with van der Waals surface area (Å²) in [6, 6.07) is 8.33. The van der Waals surface area contributed by atoms with Gasteiger partial charge in [-0.25, -0.2) is 9.67 Å². The molecule has 0 radical (unpaired) electrons. The molecule has 1 aliphatic carbocycles. The van der Waals surface area contributed by atoms with Gasteiger partial charge in [0.2, 0.25) is 0 Å². The van der Waals surface area contributed by atoms with E-state index in [1.807, 2.05) is 29.8 Å². The zero-order valence-corrected chi connectivity index (χ0v) is 15.5. The Kier molecular flexibility index (Phi) is 4.23. The number of benzene rings is 1. The molecular formula is C21H24N4O. The Morgan fingerprint density at radius 2 is 2.04 bits per heavy atom. The first-order valence-electron chi connectivity index (χ1n) is 9.31. The topological polar surface area (TPSA) is 59.8 Å². The van der Waals surface area contributed by atoms with Gasteiger partial charge < -0.3 is 5.32 Å². The average Bonchev–Trinajstić information content (AvgIpc) is 3.04. The number of aromatic nitrogens is 3. The van der Waals surface area contributed by atoms with Gasteiger partial charge in [0, 0.05) is 17.1 Å². The zero-order valence-electron chi connectivity index (χ0n) is 15.5. The molecule has 26 heavy (non-hydrogen) atoms. The van der Waals surface area contributed by atoms with Crippen LogP contribution < -0.4 is 5.32 Å². The number of anilines is 1.